The normalized spacial score (nSPS) is 25.5. The number of carbonyl (C=O) groups is 5. The lowest BCUT2D eigenvalue weighted by Gasteiger charge is -2.42. The zero-order valence-corrected chi connectivity index (χ0v) is 30.0. The number of benzene rings is 2. The van der Waals surface area contributed by atoms with E-state index in [4.69, 9.17) is 19.0 Å². The lowest BCUT2D eigenvalue weighted by atomic mass is 9.72. The van der Waals surface area contributed by atoms with Gasteiger partial charge in [-0.15, -0.1) is 5.48 Å². The minimum Gasteiger partial charge on any atom is -0.507 e. The summed E-state index contributed by atoms with van der Waals surface area (Å²) in [6.45, 7) is 2.64. The largest absolute Gasteiger partial charge is 0.507 e. The minimum absolute atomic E-state index is 0.0388. The van der Waals surface area contributed by atoms with E-state index in [1.165, 1.54) is 46.1 Å². The summed E-state index contributed by atoms with van der Waals surface area (Å²) in [6.07, 6.45) is -8.48. The van der Waals surface area contributed by atoms with Gasteiger partial charge in [0.25, 0.3) is 0 Å². The highest BCUT2D eigenvalue weighted by Gasteiger charge is 2.50. The van der Waals surface area contributed by atoms with Gasteiger partial charge in [-0.25, -0.2) is 0 Å². The van der Waals surface area contributed by atoms with Gasteiger partial charge in [-0.3, -0.25) is 24.0 Å². The van der Waals surface area contributed by atoms with Gasteiger partial charge in [-0.05, 0) is 13.0 Å². The Hall–Kier alpha value is -4.53. The standard InChI is InChI=1S/C36H44N2O16/c1-15-28(43)18(38-54-22(42)8-9-37-34(49)33(48)35(2,3)14-40)10-23(52-15)53-20-12-36(50,21(41)13-39)11-17-25(20)32(47)27-26(30(17)45)29(44)16-6-5-7-19(51-4)24(16)31(27)46/h5-7,15,18,20,23,28,33,38-40,43,45,47-48,50H,8-14H2,1-4H3,(H,37,49)/t15?,18?,20-,23?,28?,33-,36-/m0/s1. The van der Waals surface area contributed by atoms with Crippen LogP contribution in [0, 0.1) is 5.41 Å². The second-order valence-electron chi connectivity index (χ2n) is 14.3. The van der Waals surface area contributed by atoms with Crippen LogP contribution in [0.15, 0.2) is 18.2 Å². The van der Waals surface area contributed by atoms with Crippen LogP contribution in [0.3, 0.4) is 0 Å². The molecule has 2 aromatic carbocycles. The maximum absolute atomic E-state index is 13.9. The van der Waals surface area contributed by atoms with Crippen molar-refractivity contribution >= 4 is 29.2 Å². The fourth-order valence-electron chi connectivity index (χ4n) is 6.85. The molecule has 0 bridgehead atoms. The van der Waals surface area contributed by atoms with Crippen LogP contribution in [0.25, 0.3) is 0 Å². The molecule has 2 aromatic rings. The van der Waals surface area contributed by atoms with E-state index in [0.29, 0.717) is 0 Å². The van der Waals surface area contributed by atoms with Crippen molar-refractivity contribution in [3.05, 3.63) is 51.6 Å². The number of nitrogens with one attached hydrogen (secondary N) is 2. The number of ketones is 3. The molecule has 18 heteroatoms. The van der Waals surface area contributed by atoms with Gasteiger partial charge in [0.05, 0.1) is 61.2 Å². The summed E-state index contributed by atoms with van der Waals surface area (Å²) in [5.41, 5.74) is -2.94. The van der Waals surface area contributed by atoms with Crippen LogP contribution in [-0.2, 0) is 35.1 Å². The van der Waals surface area contributed by atoms with E-state index in [2.05, 4.69) is 10.8 Å². The van der Waals surface area contributed by atoms with Crippen molar-refractivity contribution < 1.29 is 78.8 Å². The van der Waals surface area contributed by atoms with Gasteiger partial charge in [0.15, 0.2) is 17.9 Å². The van der Waals surface area contributed by atoms with Gasteiger partial charge in [0.1, 0.15) is 35.6 Å². The first-order valence-electron chi connectivity index (χ1n) is 17.1. The van der Waals surface area contributed by atoms with Crippen molar-refractivity contribution in [2.75, 3.05) is 26.9 Å². The molecule has 7 atom stereocenters. The second kappa shape index (κ2) is 15.7. The second-order valence-corrected chi connectivity index (χ2v) is 14.3. The van der Waals surface area contributed by atoms with Crippen LogP contribution in [0.5, 0.6) is 17.2 Å². The number of hydrogen-bond acceptors (Lipinski definition) is 17. The van der Waals surface area contributed by atoms with Gasteiger partial charge in [-0.2, -0.15) is 0 Å². The van der Waals surface area contributed by atoms with Crippen molar-refractivity contribution in [3.8, 4) is 17.2 Å². The number of aromatic hydroxyl groups is 2. The lowest BCUT2D eigenvalue weighted by molar-refractivity contribution is -0.256. The monoisotopic (exact) mass is 760 g/mol. The SMILES string of the molecule is COc1cccc2c1C(=O)c1c(O)c3c(c(O)c1C2=O)C[C@@](O)(C(=O)CO)C[C@@H]3OC1CC(NOC(=O)CCNC(=O)[C@H](O)C(C)(C)CO)C(O)C(C)O1. The number of phenolic OH excluding ortho intramolecular Hbond substituents is 2. The number of Topliss-reactive ketones (excluding diaryl/α,β-unsaturated/α-hetero) is 1. The Morgan fingerprint density at radius 3 is 2.41 bits per heavy atom. The van der Waals surface area contributed by atoms with Gasteiger partial charge < -0.3 is 60.1 Å². The molecule has 2 aliphatic carbocycles. The topological polar surface area (TPSA) is 288 Å². The summed E-state index contributed by atoms with van der Waals surface area (Å²) in [7, 11) is 1.29. The first kappa shape index (κ1) is 40.7. The molecule has 4 unspecified atom stereocenters. The zero-order valence-electron chi connectivity index (χ0n) is 30.0. The number of hydroxylamine groups is 1. The molecule has 0 spiro atoms. The Labute approximate surface area is 308 Å². The van der Waals surface area contributed by atoms with E-state index in [0.717, 1.165) is 0 Å². The van der Waals surface area contributed by atoms with E-state index < -0.39 is 126 Å². The number of phenols is 2. The third-order valence-electron chi connectivity index (χ3n) is 10.1. The molecule has 294 valence electrons. The van der Waals surface area contributed by atoms with Gasteiger partial charge in [0, 0.05) is 47.9 Å². The number of ether oxygens (including phenoxy) is 3. The molecule has 3 aliphatic rings. The van der Waals surface area contributed by atoms with E-state index >= 15 is 0 Å². The van der Waals surface area contributed by atoms with Gasteiger partial charge in [0.2, 0.25) is 11.7 Å². The van der Waals surface area contributed by atoms with Crippen molar-refractivity contribution in [3.63, 3.8) is 0 Å². The molecule has 1 saturated heterocycles. The van der Waals surface area contributed by atoms with E-state index in [-0.39, 0.29) is 47.4 Å². The fourth-order valence-corrected chi connectivity index (χ4v) is 6.85. The number of fused-ring (bicyclic) bond motifs is 3. The summed E-state index contributed by atoms with van der Waals surface area (Å²) in [5, 5.41) is 77.1. The molecule has 1 heterocycles. The Morgan fingerprint density at radius 1 is 1.07 bits per heavy atom. The number of aliphatic hydroxyl groups is 5. The maximum atomic E-state index is 13.9. The molecule has 1 fully saturated rings. The van der Waals surface area contributed by atoms with Gasteiger partial charge >= 0.3 is 5.97 Å². The number of carbonyl (C=O) groups excluding carboxylic acids is 5. The first-order chi connectivity index (χ1) is 25.4. The molecular formula is C36H44N2O16. The summed E-state index contributed by atoms with van der Waals surface area (Å²) in [6, 6.07) is 3.21. The average molecular weight is 761 g/mol. The quantitative estimate of drug-likeness (QED) is 0.0744. The minimum atomic E-state index is -2.38. The van der Waals surface area contributed by atoms with E-state index in [1.54, 1.807) is 0 Å². The molecule has 5 rings (SSSR count). The van der Waals surface area contributed by atoms with Crippen molar-refractivity contribution in [2.24, 2.45) is 5.41 Å². The van der Waals surface area contributed by atoms with Gasteiger partial charge in [-0.1, -0.05) is 26.0 Å². The summed E-state index contributed by atoms with van der Waals surface area (Å²) >= 11 is 0. The van der Waals surface area contributed by atoms with Crippen molar-refractivity contribution in [1.29, 1.82) is 0 Å². The molecule has 0 radical (unpaired) electrons. The number of amides is 1. The highest BCUT2D eigenvalue weighted by Crippen LogP contribution is 2.52. The van der Waals surface area contributed by atoms with Crippen LogP contribution in [0.2, 0.25) is 0 Å². The Balaban J connectivity index is 1.38. The molecule has 1 amide bonds. The van der Waals surface area contributed by atoms with Crippen LogP contribution in [0.1, 0.15) is 89.1 Å². The average Bonchev–Trinajstić information content (AvgIpc) is 3.14. The van der Waals surface area contributed by atoms with Crippen LogP contribution < -0.4 is 15.5 Å². The number of hydrogen-bond donors (Lipinski definition) is 9. The Kier molecular flexibility index (Phi) is 11.8. The van der Waals surface area contributed by atoms with E-state index in [1.807, 2.05) is 0 Å². The number of rotatable bonds is 13. The Bertz CT molecular complexity index is 1840. The highest BCUT2D eigenvalue weighted by molar-refractivity contribution is 6.31. The van der Waals surface area contributed by atoms with Crippen LogP contribution >= 0.6 is 0 Å². The predicted molar refractivity (Wildman–Crippen MR) is 181 cm³/mol. The zero-order chi connectivity index (χ0) is 39.9. The number of aliphatic hydroxyl groups excluding tert-OH is 4. The van der Waals surface area contributed by atoms with Crippen LogP contribution in [0.4, 0.5) is 0 Å². The third-order valence-corrected chi connectivity index (χ3v) is 10.1. The molecule has 9 N–H and O–H groups in total. The lowest BCUT2D eigenvalue weighted by Crippen LogP contribution is -2.55. The molecule has 1 aliphatic heterocycles. The maximum Gasteiger partial charge on any atom is 0.326 e. The molecule has 0 aromatic heterocycles. The summed E-state index contributed by atoms with van der Waals surface area (Å²) in [4.78, 5) is 70.2. The molecule has 0 saturated carbocycles. The van der Waals surface area contributed by atoms with Crippen LogP contribution in [-0.4, -0.2) is 128 Å². The first-order valence-corrected chi connectivity index (χ1v) is 17.1. The molecule has 18 nitrogen and oxygen atoms in total. The van der Waals surface area contributed by atoms with Crippen molar-refractivity contribution in [1.82, 2.24) is 10.8 Å². The smallest absolute Gasteiger partial charge is 0.326 e. The third kappa shape index (κ3) is 7.43. The molecular weight excluding hydrogens is 716 g/mol. The fraction of sp³-hybridized carbons (Fsp3) is 0.528. The van der Waals surface area contributed by atoms with Crippen molar-refractivity contribution in [2.45, 2.75) is 88.8 Å². The summed E-state index contributed by atoms with van der Waals surface area (Å²) < 4.78 is 17.3. The molecule has 54 heavy (non-hydrogen) atoms. The summed E-state index contributed by atoms with van der Waals surface area (Å²) in [5.74, 6) is -5.91. The Morgan fingerprint density at radius 2 is 1.76 bits per heavy atom. The van der Waals surface area contributed by atoms with E-state index in [9.17, 15) is 59.7 Å². The highest BCUT2D eigenvalue weighted by atomic mass is 16.7. The number of methoxy groups -OCH3 is 1. The predicted octanol–water partition coefficient (Wildman–Crippen LogP) is -1.02.